The molecule has 1 fully saturated rings. The number of likely N-dealkylation sites (tertiary alicyclic amines) is 1. The van der Waals surface area contributed by atoms with E-state index in [-0.39, 0.29) is 6.09 Å². The smallest absolute Gasteiger partial charge is 0.410 e. The minimum Gasteiger partial charge on any atom is -0.488 e. The van der Waals surface area contributed by atoms with Gasteiger partial charge in [0.2, 0.25) is 0 Å². The van der Waals surface area contributed by atoms with Crippen LogP contribution in [-0.4, -0.2) is 48.9 Å². The molecule has 0 atom stereocenters. The molecule has 0 unspecified atom stereocenters. The number of nitrogens with one attached hydrogen (secondary N) is 1. The first-order valence-corrected chi connectivity index (χ1v) is 13.2. The Bertz CT molecular complexity index is 1060. The van der Waals surface area contributed by atoms with Crippen molar-refractivity contribution in [3.05, 3.63) is 45.8 Å². The maximum absolute atomic E-state index is 12.3. The fourth-order valence-electron chi connectivity index (χ4n) is 4.12. The van der Waals surface area contributed by atoms with Gasteiger partial charge in [0, 0.05) is 28.9 Å². The standard InChI is InChI=1S/C25H32N2O4S.C2H7N/c1-17-22(29-16-19-6-5-15-32-19)10-8-20-21(26-31-23(17)20)9-7-18-11-13-27(14-12-18)24(28)30-25(2,3)4;1-3-2/h5-6,8,10,15,18H,7,9,11-14,16H2,1-4H3;3H,1-2H3. The zero-order valence-corrected chi connectivity index (χ0v) is 22.7. The predicted octanol–water partition coefficient (Wildman–Crippen LogP) is 6.19. The third-order valence-corrected chi connectivity index (χ3v) is 6.77. The Balaban J connectivity index is 0.00000108. The van der Waals surface area contributed by atoms with Crippen molar-refractivity contribution in [3.63, 3.8) is 0 Å². The molecule has 1 saturated heterocycles. The van der Waals surface area contributed by atoms with Gasteiger partial charge in [0.1, 0.15) is 18.0 Å². The van der Waals surface area contributed by atoms with Gasteiger partial charge in [-0.15, -0.1) is 11.3 Å². The Hall–Kier alpha value is -2.58. The lowest BCUT2D eigenvalue weighted by atomic mass is 9.91. The second kappa shape index (κ2) is 12.4. The van der Waals surface area contributed by atoms with Gasteiger partial charge in [-0.1, -0.05) is 11.2 Å². The molecule has 0 saturated carbocycles. The molecule has 1 aliphatic heterocycles. The lowest BCUT2D eigenvalue weighted by molar-refractivity contribution is 0.0181. The SMILES string of the molecule is CNC.Cc1c(OCc2cccs2)ccc2c(CCC3CCN(C(=O)OC(C)(C)C)CC3)noc12. The molecular weight excluding hydrogens is 462 g/mol. The van der Waals surface area contributed by atoms with Gasteiger partial charge in [-0.3, -0.25) is 0 Å². The zero-order chi connectivity index (χ0) is 25.4. The molecule has 2 aromatic heterocycles. The minimum atomic E-state index is -0.449. The fraction of sp³-hybridized carbons (Fsp3) is 0.556. The van der Waals surface area contributed by atoms with Crippen molar-refractivity contribution in [2.45, 2.75) is 65.6 Å². The van der Waals surface area contributed by atoms with E-state index in [1.807, 2.05) is 58.8 Å². The van der Waals surface area contributed by atoms with Crippen LogP contribution in [0.4, 0.5) is 4.79 Å². The second-order valence-electron chi connectivity index (χ2n) is 10.0. The molecule has 4 rings (SSSR count). The number of carbonyl (C=O) groups is 1. The molecule has 3 heterocycles. The van der Waals surface area contributed by atoms with E-state index < -0.39 is 5.60 Å². The van der Waals surface area contributed by atoms with Gasteiger partial charge in [0.15, 0.2) is 5.58 Å². The topological polar surface area (TPSA) is 76.8 Å². The molecule has 8 heteroatoms. The number of aryl methyl sites for hydroxylation is 2. The maximum atomic E-state index is 12.3. The van der Waals surface area contributed by atoms with E-state index in [0.29, 0.717) is 12.5 Å². The van der Waals surface area contributed by atoms with Crippen LogP contribution in [0.2, 0.25) is 0 Å². The Morgan fingerprint density at radius 2 is 1.94 bits per heavy atom. The van der Waals surface area contributed by atoms with Crippen LogP contribution in [0.15, 0.2) is 34.2 Å². The molecule has 1 aliphatic rings. The molecule has 7 nitrogen and oxygen atoms in total. The first kappa shape index (κ1) is 27.0. The van der Waals surface area contributed by atoms with E-state index >= 15 is 0 Å². The van der Waals surface area contributed by atoms with Gasteiger partial charge in [0.05, 0.1) is 5.69 Å². The molecule has 0 aliphatic carbocycles. The summed E-state index contributed by atoms with van der Waals surface area (Å²) in [6.07, 6.45) is 3.70. The fourth-order valence-corrected chi connectivity index (χ4v) is 4.74. The number of nitrogens with zero attached hydrogens (tertiary/aromatic N) is 2. The van der Waals surface area contributed by atoms with Crippen LogP contribution < -0.4 is 10.1 Å². The summed E-state index contributed by atoms with van der Waals surface area (Å²) in [5.41, 5.74) is 2.35. The van der Waals surface area contributed by atoms with Crippen molar-refractivity contribution in [2.24, 2.45) is 5.92 Å². The Morgan fingerprint density at radius 1 is 1.23 bits per heavy atom. The maximum Gasteiger partial charge on any atom is 0.410 e. The minimum absolute atomic E-state index is 0.203. The summed E-state index contributed by atoms with van der Waals surface area (Å²) in [7, 11) is 3.75. The van der Waals surface area contributed by atoms with E-state index in [1.165, 1.54) is 4.88 Å². The average Bonchev–Trinajstić information content (AvgIpc) is 3.47. The summed E-state index contributed by atoms with van der Waals surface area (Å²) >= 11 is 1.69. The molecule has 3 aromatic rings. The van der Waals surface area contributed by atoms with E-state index in [1.54, 1.807) is 11.3 Å². The number of piperidine rings is 1. The molecule has 192 valence electrons. The quantitative estimate of drug-likeness (QED) is 0.434. The van der Waals surface area contributed by atoms with Gasteiger partial charge in [0.25, 0.3) is 0 Å². The second-order valence-corrected chi connectivity index (χ2v) is 11.0. The van der Waals surface area contributed by atoms with Crippen LogP contribution in [0.5, 0.6) is 5.75 Å². The molecule has 0 radical (unpaired) electrons. The number of amides is 1. The van der Waals surface area contributed by atoms with Crippen LogP contribution in [0.1, 0.15) is 56.2 Å². The highest BCUT2D eigenvalue weighted by Crippen LogP contribution is 2.32. The van der Waals surface area contributed by atoms with Crippen LogP contribution in [0, 0.1) is 12.8 Å². The molecule has 1 N–H and O–H groups in total. The number of ether oxygens (including phenoxy) is 2. The van der Waals surface area contributed by atoms with E-state index in [2.05, 4.69) is 28.0 Å². The van der Waals surface area contributed by atoms with Crippen molar-refractivity contribution >= 4 is 28.4 Å². The Kier molecular flexibility index (Phi) is 9.57. The number of rotatable bonds is 6. The van der Waals surface area contributed by atoms with Crippen LogP contribution in [0.25, 0.3) is 11.0 Å². The van der Waals surface area contributed by atoms with Crippen molar-refractivity contribution in [2.75, 3.05) is 27.2 Å². The summed E-state index contributed by atoms with van der Waals surface area (Å²) in [5, 5.41) is 10.2. The lowest BCUT2D eigenvalue weighted by Crippen LogP contribution is -2.41. The predicted molar refractivity (Wildman–Crippen MR) is 141 cm³/mol. The molecule has 0 spiro atoms. The summed E-state index contributed by atoms with van der Waals surface area (Å²) < 4.78 is 17.2. The zero-order valence-electron chi connectivity index (χ0n) is 21.8. The van der Waals surface area contributed by atoms with E-state index in [0.717, 1.165) is 66.7 Å². The third-order valence-electron chi connectivity index (χ3n) is 5.92. The molecule has 0 bridgehead atoms. The van der Waals surface area contributed by atoms with Crippen LogP contribution in [-0.2, 0) is 17.8 Å². The van der Waals surface area contributed by atoms with Crippen molar-refractivity contribution < 1.29 is 18.8 Å². The highest BCUT2D eigenvalue weighted by molar-refractivity contribution is 7.09. The normalized spacial score (nSPS) is 14.5. The van der Waals surface area contributed by atoms with Crippen molar-refractivity contribution in [1.29, 1.82) is 0 Å². The van der Waals surface area contributed by atoms with Gasteiger partial charge in [-0.2, -0.15) is 0 Å². The van der Waals surface area contributed by atoms with E-state index in [9.17, 15) is 4.79 Å². The Morgan fingerprint density at radius 3 is 2.57 bits per heavy atom. The summed E-state index contributed by atoms with van der Waals surface area (Å²) in [6.45, 7) is 9.80. The van der Waals surface area contributed by atoms with Gasteiger partial charge in [-0.25, -0.2) is 4.79 Å². The number of hydrogen-bond acceptors (Lipinski definition) is 7. The highest BCUT2D eigenvalue weighted by Gasteiger charge is 2.27. The summed E-state index contributed by atoms with van der Waals surface area (Å²) in [6, 6.07) is 8.18. The van der Waals surface area contributed by atoms with Crippen LogP contribution >= 0.6 is 11.3 Å². The summed E-state index contributed by atoms with van der Waals surface area (Å²) in [4.78, 5) is 15.3. The highest BCUT2D eigenvalue weighted by atomic mass is 32.1. The average molecular weight is 502 g/mol. The van der Waals surface area contributed by atoms with Gasteiger partial charge >= 0.3 is 6.09 Å². The Labute approximate surface area is 212 Å². The third kappa shape index (κ3) is 7.70. The number of benzene rings is 1. The van der Waals surface area contributed by atoms with Crippen molar-refractivity contribution in [3.8, 4) is 5.75 Å². The largest absolute Gasteiger partial charge is 0.488 e. The van der Waals surface area contributed by atoms with E-state index in [4.69, 9.17) is 14.0 Å². The molecule has 1 aromatic carbocycles. The first-order chi connectivity index (χ1) is 16.7. The van der Waals surface area contributed by atoms with Gasteiger partial charge in [-0.05, 0) is 97.0 Å². The summed E-state index contributed by atoms with van der Waals surface area (Å²) in [5.74, 6) is 1.41. The molecule has 35 heavy (non-hydrogen) atoms. The van der Waals surface area contributed by atoms with Crippen molar-refractivity contribution in [1.82, 2.24) is 15.4 Å². The molecule has 1 amide bonds. The van der Waals surface area contributed by atoms with Crippen LogP contribution in [0.3, 0.4) is 0 Å². The lowest BCUT2D eigenvalue weighted by Gasteiger charge is -2.33. The number of thiophene rings is 1. The number of aromatic nitrogens is 1. The number of fused-ring (bicyclic) bond motifs is 1. The number of hydrogen-bond donors (Lipinski definition) is 1. The number of carbonyl (C=O) groups excluding carboxylic acids is 1. The monoisotopic (exact) mass is 501 g/mol. The molecular formula is C27H39N3O4S. The van der Waals surface area contributed by atoms with Gasteiger partial charge < -0.3 is 24.2 Å². The first-order valence-electron chi connectivity index (χ1n) is 12.3.